The van der Waals surface area contributed by atoms with Gasteiger partial charge in [0, 0.05) is 35.1 Å². The fourth-order valence-electron chi connectivity index (χ4n) is 5.11. The Morgan fingerprint density at radius 2 is 1.69 bits per heavy atom. The first-order valence-corrected chi connectivity index (χ1v) is 12.4. The van der Waals surface area contributed by atoms with E-state index in [1.165, 1.54) is 48.3 Å². The summed E-state index contributed by atoms with van der Waals surface area (Å²) in [4.78, 5) is 4.68. The first kappa shape index (κ1) is 21.7. The molecule has 0 amide bonds. The van der Waals surface area contributed by atoms with Gasteiger partial charge in [0.2, 0.25) is 5.13 Å². The van der Waals surface area contributed by atoms with E-state index in [-0.39, 0.29) is 0 Å². The SMILES string of the molecule is COc1ccc(CCNC2CC3(C2)CC(Nc2nc(Cc4ccc(Cl)cc4)ns2)C3)cc1. The maximum atomic E-state index is 5.96. The molecule has 0 aliphatic heterocycles. The van der Waals surface area contributed by atoms with Crippen molar-refractivity contribution in [1.29, 1.82) is 0 Å². The lowest BCUT2D eigenvalue weighted by Gasteiger charge is -2.58. The molecule has 2 aliphatic carbocycles. The molecule has 32 heavy (non-hydrogen) atoms. The van der Waals surface area contributed by atoms with Crippen LogP contribution in [0.25, 0.3) is 0 Å². The molecule has 1 aromatic heterocycles. The Morgan fingerprint density at radius 3 is 2.41 bits per heavy atom. The van der Waals surface area contributed by atoms with Gasteiger partial charge < -0.3 is 15.4 Å². The second-order valence-electron chi connectivity index (χ2n) is 9.23. The summed E-state index contributed by atoms with van der Waals surface area (Å²) < 4.78 is 9.74. The maximum Gasteiger partial charge on any atom is 0.202 e. The number of hydrogen-bond acceptors (Lipinski definition) is 6. The lowest BCUT2D eigenvalue weighted by molar-refractivity contribution is -0.0116. The number of aromatic nitrogens is 2. The topological polar surface area (TPSA) is 59.1 Å². The van der Waals surface area contributed by atoms with E-state index in [4.69, 9.17) is 16.3 Å². The van der Waals surface area contributed by atoms with Crippen molar-refractivity contribution in [1.82, 2.24) is 14.7 Å². The van der Waals surface area contributed by atoms with Crippen molar-refractivity contribution in [3.8, 4) is 5.75 Å². The van der Waals surface area contributed by atoms with Crippen molar-refractivity contribution in [2.75, 3.05) is 19.0 Å². The minimum Gasteiger partial charge on any atom is -0.497 e. The van der Waals surface area contributed by atoms with Crippen LogP contribution in [0.4, 0.5) is 5.13 Å². The molecule has 5 nitrogen and oxygen atoms in total. The first-order chi connectivity index (χ1) is 15.6. The fraction of sp³-hybridized carbons (Fsp3) is 0.440. The van der Waals surface area contributed by atoms with Crippen LogP contribution in [0.3, 0.4) is 0 Å². The van der Waals surface area contributed by atoms with Gasteiger partial charge in [-0.15, -0.1) is 0 Å². The lowest BCUT2D eigenvalue weighted by atomic mass is 9.52. The molecule has 0 saturated heterocycles. The van der Waals surface area contributed by atoms with Gasteiger partial charge in [0.15, 0.2) is 0 Å². The third-order valence-corrected chi connectivity index (χ3v) is 7.73. The zero-order chi connectivity index (χ0) is 22.0. The van der Waals surface area contributed by atoms with Crippen LogP contribution >= 0.6 is 23.1 Å². The molecule has 0 atom stereocenters. The average Bonchev–Trinajstić information content (AvgIpc) is 3.19. The highest BCUT2D eigenvalue weighted by Crippen LogP contribution is 2.56. The summed E-state index contributed by atoms with van der Waals surface area (Å²) in [7, 11) is 1.71. The molecule has 2 aliphatic rings. The Balaban J connectivity index is 0.999. The number of ether oxygens (including phenoxy) is 1. The van der Waals surface area contributed by atoms with Crippen molar-refractivity contribution < 1.29 is 4.74 Å². The number of nitrogens with one attached hydrogen (secondary N) is 2. The highest BCUT2D eigenvalue weighted by Gasteiger charge is 2.52. The highest BCUT2D eigenvalue weighted by atomic mass is 35.5. The largest absolute Gasteiger partial charge is 0.497 e. The Morgan fingerprint density at radius 1 is 1.00 bits per heavy atom. The van der Waals surface area contributed by atoms with Gasteiger partial charge in [-0.3, -0.25) is 0 Å². The van der Waals surface area contributed by atoms with Gasteiger partial charge in [0.05, 0.1) is 7.11 Å². The minimum absolute atomic E-state index is 0.534. The summed E-state index contributed by atoms with van der Waals surface area (Å²) in [5, 5.41) is 9.04. The van der Waals surface area contributed by atoms with Crippen molar-refractivity contribution in [2.24, 2.45) is 5.41 Å². The minimum atomic E-state index is 0.534. The highest BCUT2D eigenvalue weighted by molar-refractivity contribution is 7.09. The van der Waals surface area contributed by atoms with E-state index in [0.717, 1.165) is 41.1 Å². The molecule has 3 aromatic rings. The van der Waals surface area contributed by atoms with E-state index in [9.17, 15) is 0 Å². The predicted molar refractivity (Wildman–Crippen MR) is 131 cm³/mol. The van der Waals surface area contributed by atoms with E-state index >= 15 is 0 Å². The van der Waals surface area contributed by atoms with E-state index in [2.05, 4.69) is 32.1 Å². The molecular formula is C25H29ClN4OS. The number of anilines is 1. The van der Waals surface area contributed by atoms with E-state index in [1.54, 1.807) is 7.11 Å². The van der Waals surface area contributed by atoms with Gasteiger partial charge in [-0.2, -0.15) is 4.37 Å². The van der Waals surface area contributed by atoms with E-state index in [0.29, 0.717) is 17.5 Å². The summed E-state index contributed by atoms with van der Waals surface area (Å²) in [6, 6.07) is 17.5. The molecule has 168 valence electrons. The third-order valence-electron chi connectivity index (χ3n) is 6.79. The molecule has 0 bridgehead atoms. The number of hydrogen-bond donors (Lipinski definition) is 2. The number of rotatable bonds is 9. The zero-order valence-electron chi connectivity index (χ0n) is 18.3. The van der Waals surface area contributed by atoms with Crippen LogP contribution in [-0.2, 0) is 12.8 Å². The van der Waals surface area contributed by atoms with Gasteiger partial charge in [-0.05, 0) is 79.5 Å². The number of methoxy groups -OCH3 is 1. The number of halogens is 1. The van der Waals surface area contributed by atoms with Crippen molar-refractivity contribution >= 4 is 28.3 Å². The molecule has 0 unspecified atom stereocenters. The van der Waals surface area contributed by atoms with Gasteiger partial charge in [-0.1, -0.05) is 35.9 Å². The average molecular weight is 469 g/mol. The monoisotopic (exact) mass is 468 g/mol. The van der Waals surface area contributed by atoms with Crippen LogP contribution in [-0.4, -0.2) is 35.1 Å². The van der Waals surface area contributed by atoms with Crippen LogP contribution in [0.2, 0.25) is 5.02 Å². The molecule has 2 aromatic carbocycles. The van der Waals surface area contributed by atoms with Crippen molar-refractivity contribution in [3.05, 3.63) is 70.5 Å². The molecule has 1 spiro atoms. The van der Waals surface area contributed by atoms with Gasteiger partial charge in [-0.25, -0.2) is 4.98 Å². The van der Waals surface area contributed by atoms with Gasteiger partial charge in [0.1, 0.15) is 11.6 Å². The zero-order valence-corrected chi connectivity index (χ0v) is 19.9. The quantitative estimate of drug-likeness (QED) is 0.443. The molecule has 2 N–H and O–H groups in total. The van der Waals surface area contributed by atoms with Crippen molar-refractivity contribution in [2.45, 2.75) is 50.6 Å². The smallest absolute Gasteiger partial charge is 0.202 e. The molecule has 2 saturated carbocycles. The predicted octanol–water partition coefficient (Wildman–Crippen LogP) is 5.35. The van der Waals surface area contributed by atoms with Crippen LogP contribution in [0.1, 0.15) is 42.6 Å². The van der Waals surface area contributed by atoms with Crippen LogP contribution < -0.4 is 15.4 Å². The summed E-state index contributed by atoms with van der Waals surface area (Å²) >= 11 is 7.43. The molecular weight excluding hydrogens is 440 g/mol. The molecule has 2 fully saturated rings. The van der Waals surface area contributed by atoms with Crippen molar-refractivity contribution in [3.63, 3.8) is 0 Å². The molecule has 5 rings (SSSR count). The molecule has 7 heteroatoms. The second kappa shape index (κ2) is 9.38. The summed E-state index contributed by atoms with van der Waals surface area (Å²) in [6.45, 7) is 1.04. The summed E-state index contributed by atoms with van der Waals surface area (Å²) in [5.74, 6) is 1.79. The van der Waals surface area contributed by atoms with Crippen LogP contribution in [0.15, 0.2) is 48.5 Å². The normalized spacial score (nSPS) is 24.1. The summed E-state index contributed by atoms with van der Waals surface area (Å²) in [6.07, 6.45) is 6.89. The Kier molecular flexibility index (Phi) is 6.35. The second-order valence-corrected chi connectivity index (χ2v) is 10.4. The molecule has 1 heterocycles. The van der Waals surface area contributed by atoms with Crippen LogP contribution in [0, 0.1) is 5.41 Å². The molecule has 0 radical (unpaired) electrons. The van der Waals surface area contributed by atoms with E-state index in [1.807, 2.05) is 36.4 Å². The number of benzene rings is 2. The number of nitrogens with zero attached hydrogens (tertiary/aromatic N) is 2. The van der Waals surface area contributed by atoms with Gasteiger partial charge >= 0.3 is 0 Å². The Labute approximate surface area is 198 Å². The Bertz CT molecular complexity index is 1020. The fourth-order valence-corrected chi connectivity index (χ4v) is 5.90. The third kappa shape index (κ3) is 5.08. The first-order valence-electron chi connectivity index (χ1n) is 11.3. The Hall–Kier alpha value is -2.15. The maximum absolute atomic E-state index is 5.96. The standard InChI is InChI=1S/C25H29ClN4OS/c1-31-22-8-4-17(5-9-22)10-11-27-20-13-25(14-20)15-21(16-25)28-24-29-23(30-32-24)12-18-2-6-19(26)7-3-18/h2-9,20-21,27H,10-16H2,1H3,(H,28,29,30). The lowest BCUT2D eigenvalue weighted by Crippen LogP contribution is -2.58. The van der Waals surface area contributed by atoms with E-state index < -0.39 is 0 Å². The van der Waals surface area contributed by atoms with Crippen LogP contribution in [0.5, 0.6) is 5.75 Å². The van der Waals surface area contributed by atoms with Gasteiger partial charge in [0.25, 0.3) is 0 Å². The summed E-state index contributed by atoms with van der Waals surface area (Å²) in [5.41, 5.74) is 3.08.